The van der Waals surface area contributed by atoms with Crippen LogP contribution in [0.3, 0.4) is 0 Å². The van der Waals surface area contributed by atoms with E-state index in [0.717, 1.165) is 16.4 Å². The number of hydrogen-bond donors (Lipinski definition) is 0. The van der Waals surface area contributed by atoms with Crippen LogP contribution in [-0.2, 0) is 22.9 Å². The number of nitrogens with zero attached hydrogens (tertiary/aromatic N) is 2. The van der Waals surface area contributed by atoms with Gasteiger partial charge in [0.25, 0.3) is 5.69 Å². The third-order valence-electron chi connectivity index (χ3n) is 3.07. The van der Waals surface area contributed by atoms with Gasteiger partial charge in [0.2, 0.25) is 0 Å². The zero-order valence-electron chi connectivity index (χ0n) is 10.6. The quantitative estimate of drug-likeness (QED) is 0.621. The van der Waals surface area contributed by atoms with Crippen LogP contribution in [0.5, 0.6) is 0 Å². The molecule has 0 saturated carbocycles. The Bertz CT molecular complexity index is 618. The summed E-state index contributed by atoms with van der Waals surface area (Å²) in [4.78, 5) is 21.6. The van der Waals surface area contributed by atoms with Crippen molar-refractivity contribution in [3.63, 3.8) is 0 Å². The maximum Gasteiger partial charge on any atom is 0.297 e. The first-order valence-corrected chi connectivity index (χ1v) is 6.12. The largest absolute Gasteiger partial charge is 0.297 e. The van der Waals surface area contributed by atoms with Crippen LogP contribution in [0.15, 0.2) is 48.5 Å². The van der Waals surface area contributed by atoms with E-state index in [1.54, 1.807) is 18.2 Å². The Labute approximate surface area is 115 Å². The van der Waals surface area contributed by atoms with Crippen molar-refractivity contribution in [1.82, 2.24) is 0 Å². The second kappa shape index (κ2) is 5.28. The fourth-order valence-electron chi connectivity index (χ4n) is 2.04. The highest BCUT2D eigenvalue weighted by molar-refractivity contribution is 5.60. The molecule has 1 heterocycles. The number of hydrogen-bond acceptors (Lipinski definition) is 5. The zero-order valence-corrected chi connectivity index (χ0v) is 10.6. The highest BCUT2D eigenvalue weighted by Crippen LogP contribution is 2.30. The average molecular weight is 272 g/mol. The molecule has 0 N–H and O–H groups in total. The predicted octanol–water partition coefficient (Wildman–Crippen LogP) is 2.98. The number of nitro groups is 1. The standard InChI is InChI=1S/C14H12N2O4/c17-15(18)13-7-3-4-8-14(13)16-19-9-11-5-1-2-6-12(11)10-20-16/h1-8H,9-10H2. The number of fused-ring (bicyclic) bond motifs is 1. The lowest BCUT2D eigenvalue weighted by molar-refractivity contribution is -0.384. The van der Waals surface area contributed by atoms with E-state index in [1.165, 1.54) is 6.07 Å². The Morgan fingerprint density at radius 2 is 1.50 bits per heavy atom. The minimum atomic E-state index is -0.458. The Morgan fingerprint density at radius 1 is 0.950 bits per heavy atom. The maximum atomic E-state index is 11.0. The van der Waals surface area contributed by atoms with Crippen molar-refractivity contribution >= 4 is 11.4 Å². The van der Waals surface area contributed by atoms with Gasteiger partial charge in [-0.1, -0.05) is 36.4 Å². The van der Waals surface area contributed by atoms with Crippen molar-refractivity contribution in [2.24, 2.45) is 0 Å². The minimum Gasteiger partial charge on any atom is -0.258 e. The van der Waals surface area contributed by atoms with Gasteiger partial charge in [-0.25, -0.2) is 9.68 Å². The van der Waals surface area contributed by atoms with Gasteiger partial charge in [-0.05, 0) is 17.2 Å². The molecule has 0 spiro atoms. The highest BCUT2D eigenvalue weighted by atomic mass is 16.9. The molecule has 6 heteroatoms. The third kappa shape index (κ3) is 2.34. The van der Waals surface area contributed by atoms with Crippen LogP contribution in [0.25, 0.3) is 0 Å². The molecule has 0 aliphatic carbocycles. The number of anilines is 1. The van der Waals surface area contributed by atoms with Gasteiger partial charge in [0, 0.05) is 6.07 Å². The number of benzene rings is 2. The fraction of sp³-hybridized carbons (Fsp3) is 0.143. The van der Waals surface area contributed by atoms with Crippen LogP contribution in [-0.4, -0.2) is 4.92 Å². The maximum absolute atomic E-state index is 11.0. The van der Waals surface area contributed by atoms with Gasteiger partial charge in [-0.15, -0.1) is 5.23 Å². The zero-order chi connectivity index (χ0) is 13.9. The molecule has 0 unspecified atom stereocenters. The third-order valence-corrected chi connectivity index (χ3v) is 3.07. The van der Waals surface area contributed by atoms with Gasteiger partial charge in [0.1, 0.15) is 13.2 Å². The molecule has 0 bridgehead atoms. The van der Waals surface area contributed by atoms with E-state index in [0.29, 0.717) is 13.2 Å². The van der Waals surface area contributed by atoms with Gasteiger partial charge in [-0.3, -0.25) is 10.1 Å². The summed E-state index contributed by atoms with van der Waals surface area (Å²) in [6.45, 7) is 0.616. The molecule has 3 rings (SSSR count). The van der Waals surface area contributed by atoms with Crippen molar-refractivity contribution in [2.75, 3.05) is 5.23 Å². The molecule has 6 nitrogen and oxygen atoms in total. The van der Waals surface area contributed by atoms with E-state index in [1.807, 2.05) is 24.3 Å². The van der Waals surface area contributed by atoms with E-state index < -0.39 is 4.92 Å². The van der Waals surface area contributed by atoms with Gasteiger partial charge in [-0.2, -0.15) is 0 Å². The molecule has 1 aliphatic rings. The van der Waals surface area contributed by atoms with E-state index in [4.69, 9.17) is 9.68 Å². The number of nitro benzene ring substituents is 1. The smallest absolute Gasteiger partial charge is 0.258 e. The molecule has 0 fully saturated rings. The summed E-state index contributed by atoms with van der Waals surface area (Å²) >= 11 is 0. The first-order chi connectivity index (χ1) is 9.75. The lowest BCUT2D eigenvalue weighted by atomic mass is 10.1. The molecule has 0 aromatic heterocycles. The van der Waals surface area contributed by atoms with E-state index in [9.17, 15) is 10.1 Å². The molecule has 20 heavy (non-hydrogen) atoms. The Kier molecular flexibility index (Phi) is 3.32. The van der Waals surface area contributed by atoms with E-state index in [2.05, 4.69) is 0 Å². The Morgan fingerprint density at radius 3 is 2.10 bits per heavy atom. The second-order valence-corrected chi connectivity index (χ2v) is 4.32. The minimum absolute atomic E-state index is 0.0570. The predicted molar refractivity (Wildman–Crippen MR) is 71.6 cm³/mol. The molecule has 2 aromatic carbocycles. The van der Waals surface area contributed by atoms with Crippen molar-refractivity contribution < 1.29 is 14.6 Å². The Hall–Kier alpha value is -2.44. The van der Waals surface area contributed by atoms with Gasteiger partial charge in [0.05, 0.1) is 4.92 Å². The van der Waals surface area contributed by atoms with Crippen LogP contribution in [0, 0.1) is 10.1 Å². The average Bonchev–Trinajstić information content (AvgIpc) is 2.70. The summed E-state index contributed by atoms with van der Waals surface area (Å²) in [5.41, 5.74) is 2.24. The van der Waals surface area contributed by atoms with Gasteiger partial charge >= 0.3 is 0 Å². The molecule has 0 saturated heterocycles. The topological polar surface area (TPSA) is 64.8 Å². The van der Waals surface area contributed by atoms with Crippen LogP contribution < -0.4 is 5.23 Å². The lowest BCUT2D eigenvalue weighted by Gasteiger charge is -2.19. The molecular weight excluding hydrogens is 260 g/mol. The highest BCUT2D eigenvalue weighted by Gasteiger charge is 2.23. The second-order valence-electron chi connectivity index (χ2n) is 4.32. The summed E-state index contributed by atoms with van der Waals surface area (Å²) in [6.07, 6.45) is 0. The normalized spacial score (nSPS) is 14.5. The molecule has 1 aliphatic heterocycles. The molecule has 0 radical (unpaired) electrons. The van der Waals surface area contributed by atoms with Crippen LogP contribution in [0.4, 0.5) is 11.4 Å². The van der Waals surface area contributed by atoms with Crippen molar-refractivity contribution in [3.05, 3.63) is 69.8 Å². The lowest BCUT2D eigenvalue weighted by Crippen LogP contribution is -2.22. The first kappa shape index (κ1) is 12.6. The molecular formula is C14H12N2O4. The van der Waals surface area contributed by atoms with E-state index in [-0.39, 0.29) is 11.4 Å². The SMILES string of the molecule is O=[N+]([O-])c1ccccc1N1OCc2ccccc2CO1. The van der Waals surface area contributed by atoms with Crippen LogP contribution in [0.2, 0.25) is 0 Å². The fourth-order valence-corrected chi connectivity index (χ4v) is 2.04. The van der Waals surface area contributed by atoms with Gasteiger partial charge in [0.15, 0.2) is 5.69 Å². The van der Waals surface area contributed by atoms with Crippen molar-refractivity contribution in [3.8, 4) is 0 Å². The Balaban J connectivity index is 1.89. The molecule has 2 aromatic rings. The van der Waals surface area contributed by atoms with Crippen molar-refractivity contribution in [1.29, 1.82) is 0 Å². The number of para-hydroxylation sites is 2. The summed E-state index contributed by atoms with van der Waals surface area (Å²) in [5.74, 6) is 0. The summed E-state index contributed by atoms with van der Waals surface area (Å²) in [7, 11) is 0. The molecule has 102 valence electrons. The monoisotopic (exact) mass is 272 g/mol. The van der Waals surface area contributed by atoms with Gasteiger partial charge < -0.3 is 0 Å². The van der Waals surface area contributed by atoms with Crippen molar-refractivity contribution in [2.45, 2.75) is 13.2 Å². The number of rotatable bonds is 2. The van der Waals surface area contributed by atoms with Crippen LogP contribution >= 0.6 is 0 Å². The first-order valence-electron chi connectivity index (χ1n) is 6.12. The summed E-state index contributed by atoms with van der Waals surface area (Å²) < 4.78 is 0. The summed E-state index contributed by atoms with van der Waals surface area (Å²) in [6, 6.07) is 14.0. The molecule has 0 atom stereocenters. The molecule has 0 amide bonds. The van der Waals surface area contributed by atoms with E-state index >= 15 is 0 Å². The summed E-state index contributed by atoms with van der Waals surface area (Å²) in [5, 5.41) is 12.2. The van der Waals surface area contributed by atoms with Crippen LogP contribution in [0.1, 0.15) is 11.1 Å².